The van der Waals surface area contributed by atoms with E-state index in [-0.39, 0.29) is 12.0 Å². The molecule has 1 nitrogen and oxygen atoms in total. The number of rotatable bonds is 7. The van der Waals surface area contributed by atoms with Crippen LogP contribution in [-0.4, -0.2) is 6.36 Å². The van der Waals surface area contributed by atoms with Crippen LogP contribution < -0.4 is 4.74 Å². The molecule has 0 atom stereocenters. The van der Waals surface area contributed by atoms with Crippen molar-refractivity contribution in [3.05, 3.63) is 76.4 Å². The van der Waals surface area contributed by atoms with Crippen LogP contribution in [0.15, 0.2) is 36.4 Å². The summed E-state index contributed by atoms with van der Waals surface area (Å²) in [4.78, 5) is 0. The zero-order valence-corrected chi connectivity index (χ0v) is 19.0. The summed E-state index contributed by atoms with van der Waals surface area (Å²) in [5.74, 6) is -7.17. The van der Waals surface area contributed by atoms with Crippen LogP contribution in [0, 0.1) is 23.3 Å². The number of benzene rings is 3. The molecule has 0 aromatic heterocycles. The molecule has 1 aliphatic rings. The first kappa shape index (κ1) is 25.1. The number of unbranched alkanes of at least 4 members (excludes halogenated alkanes) is 3. The smallest absolute Gasteiger partial charge is 0.399 e. The van der Waals surface area contributed by atoms with Crippen LogP contribution in [-0.2, 0) is 19.3 Å². The molecular formula is C27H23F7O. The largest absolute Gasteiger partial charge is 0.573 e. The zero-order chi connectivity index (χ0) is 25.3. The lowest BCUT2D eigenvalue weighted by Gasteiger charge is -2.23. The van der Waals surface area contributed by atoms with E-state index in [9.17, 15) is 22.0 Å². The molecule has 0 fully saturated rings. The van der Waals surface area contributed by atoms with E-state index in [1.165, 1.54) is 6.42 Å². The highest BCUT2D eigenvalue weighted by Gasteiger charge is 2.34. The molecule has 0 unspecified atom stereocenters. The summed E-state index contributed by atoms with van der Waals surface area (Å²) in [7, 11) is 0. The molecule has 4 rings (SSSR count). The van der Waals surface area contributed by atoms with E-state index in [0.29, 0.717) is 29.7 Å². The second-order valence-electron chi connectivity index (χ2n) is 8.69. The molecule has 0 heterocycles. The maximum Gasteiger partial charge on any atom is 0.573 e. The predicted octanol–water partition coefficient (Wildman–Crippen LogP) is 8.70. The number of halogens is 7. The molecule has 3 aromatic rings. The molecule has 35 heavy (non-hydrogen) atoms. The Hall–Kier alpha value is -3.03. The Morgan fingerprint density at radius 3 is 2.17 bits per heavy atom. The molecule has 0 aliphatic heterocycles. The molecule has 8 heteroatoms. The Morgan fingerprint density at radius 2 is 1.51 bits per heavy atom. The van der Waals surface area contributed by atoms with Gasteiger partial charge >= 0.3 is 6.36 Å². The quantitative estimate of drug-likeness (QED) is 0.235. The highest BCUT2D eigenvalue weighted by atomic mass is 19.4. The van der Waals surface area contributed by atoms with Gasteiger partial charge < -0.3 is 4.74 Å². The summed E-state index contributed by atoms with van der Waals surface area (Å²) in [6.07, 6.45) is 0.877. The van der Waals surface area contributed by atoms with Gasteiger partial charge in [-0.2, -0.15) is 0 Å². The summed E-state index contributed by atoms with van der Waals surface area (Å²) < 4.78 is 99.5. The van der Waals surface area contributed by atoms with Gasteiger partial charge in [0, 0.05) is 0 Å². The molecule has 0 spiro atoms. The molecule has 0 saturated heterocycles. The van der Waals surface area contributed by atoms with Gasteiger partial charge in [0.25, 0.3) is 0 Å². The maximum atomic E-state index is 15.5. The molecule has 0 N–H and O–H groups in total. The summed E-state index contributed by atoms with van der Waals surface area (Å²) in [5, 5.41) is 0. The van der Waals surface area contributed by atoms with Gasteiger partial charge in [-0.3, -0.25) is 0 Å². The third-order valence-corrected chi connectivity index (χ3v) is 6.25. The Kier molecular flexibility index (Phi) is 7.10. The first-order valence-electron chi connectivity index (χ1n) is 11.5. The van der Waals surface area contributed by atoms with Gasteiger partial charge in [0.1, 0.15) is 11.6 Å². The number of alkyl halides is 3. The van der Waals surface area contributed by atoms with Crippen molar-refractivity contribution in [2.24, 2.45) is 0 Å². The minimum absolute atomic E-state index is 0.195. The Labute approximate surface area is 198 Å². The molecule has 0 saturated carbocycles. The van der Waals surface area contributed by atoms with Crippen molar-refractivity contribution >= 4 is 0 Å². The first-order valence-corrected chi connectivity index (χ1v) is 11.5. The third-order valence-electron chi connectivity index (χ3n) is 6.25. The molecule has 0 amide bonds. The first-order chi connectivity index (χ1) is 16.6. The lowest BCUT2D eigenvalue weighted by Crippen LogP contribution is -2.19. The minimum atomic E-state index is -5.33. The van der Waals surface area contributed by atoms with Crippen LogP contribution in [0.5, 0.6) is 5.75 Å². The van der Waals surface area contributed by atoms with Crippen molar-refractivity contribution in [3.63, 3.8) is 0 Å². The van der Waals surface area contributed by atoms with Crippen molar-refractivity contribution in [1.29, 1.82) is 0 Å². The normalized spacial score (nSPS) is 12.9. The number of ether oxygens (including phenoxy) is 1. The topological polar surface area (TPSA) is 9.23 Å². The standard InChI is InChI=1S/C27H23F7O/c1-2-3-4-5-6-15-7-9-18-16(11-15)8-10-19-20(18)14-21(28)24(25(19)31)17-12-22(29)26(23(30)13-17)35-27(32,33)34/h7,9,11-14H,2-6,8,10H2,1H3. The molecule has 3 aromatic carbocycles. The maximum absolute atomic E-state index is 15.5. The predicted molar refractivity (Wildman–Crippen MR) is 119 cm³/mol. The molecular weight excluding hydrogens is 473 g/mol. The second kappa shape index (κ2) is 9.91. The highest BCUT2D eigenvalue weighted by Crippen LogP contribution is 2.41. The Balaban J connectivity index is 1.69. The van der Waals surface area contributed by atoms with E-state index >= 15 is 8.78 Å². The van der Waals surface area contributed by atoms with Gasteiger partial charge in [-0.15, -0.1) is 13.2 Å². The highest BCUT2D eigenvalue weighted by molar-refractivity contribution is 5.78. The van der Waals surface area contributed by atoms with Crippen molar-refractivity contribution in [3.8, 4) is 28.0 Å². The van der Waals surface area contributed by atoms with Crippen LogP contribution in [0.1, 0.15) is 49.3 Å². The zero-order valence-electron chi connectivity index (χ0n) is 19.0. The lowest BCUT2D eigenvalue weighted by atomic mass is 9.82. The van der Waals surface area contributed by atoms with Gasteiger partial charge in [-0.05, 0) is 77.3 Å². The number of fused-ring (bicyclic) bond motifs is 3. The lowest BCUT2D eigenvalue weighted by molar-refractivity contribution is -0.276. The average Bonchev–Trinajstić information content (AvgIpc) is 2.78. The number of aryl methyl sites for hydroxylation is 2. The van der Waals surface area contributed by atoms with Crippen LogP contribution >= 0.6 is 0 Å². The fraction of sp³-hybridized carbons (Fsp3) is 0.333. The Bertz CT molecular complexity index is 1220. The van der Waals surface area contributed by atoms with Gasteiger partial charge in [0.2, 0.25) is 5.75 Å². The molecule has 0 radical (unpaired) electrons. The Morgan fingerprint density at radius 1 is 0.800 bits per heavy atom. The average molecular weight is 496 g/mol. The monoisotopic (exact) mass is 496 g/mol. The van der Waals surface area contributed by atoms with Crippen LogP contribution in [0.2, 0.25) is 0 Å². The van der Waals surface area contributed by atoms with E-state index < -0.39 is 46.5 Å². The number of hydrogen-bond acceptors (Lipinski definition) is 1. The second-order valence-corrected chi connectivity index (χ2v) is 8.69. The fourth-order valence-electron chi connectivity index (χ4n) is 4.61. The van der Waals surface area contributed by atoms with Crippen LogP contribution in [0.25, 0.3) is 22.3 Å². The summed E-state index contributed by atoms with van der Waals surface area (Å²) in [6, 6.07) is 7.80. The van der Waals surface area contributed by atoms with Crippen molar-refractivity contribution in [2.75, 3.05) is 0 Å². The summed E-state index contributed by atoms with van der Waals surface area (Å²) in [5.41, 5.74) is 2.13. The SMILES string of the molecule is CCCCCCc1ccc2c(c1)CCc1c-2cc(F)c(-c2cc(F)c(OC(F)(F)F)c(F)c2)c1F. The minimum Gasteiger partial charge on any atom is -0.399 e. The van der Waals surface area contributed by atoms with E-state index in [4.69, 9.17) is 0 Å². The van der Waals surface area contributed by atoms with E-state index in [1.54, 1.807) is 0 Å². The molecule has 1 aliphatic carbocycles. The van der Waals surface area contributed by atoms with E-state index in [2.05, 4.69) is 17.7 Å². The summed E-state index contributed by atoms with van der Waals surface area (Å²) >= 11 is 0. The van der Waals surface area contributed by atoms with E-state index in [1.807, 2.05) is 12.1 Å². The van der Waals surface area contributed by atoms with Crippen molar-refractivity contribution in [2.45, 2.75) is 58.2 Å². The van der Waals surface area contributed by atoms with Gasteiger partial charge in [-0.1, -0.05) is 44.4 Å². The van der Waals surface area contributed by atoms with Gasteiger partial charge in [0.15, 0.2) is 11.6 Å². The van der Waals surface area contributed by atoms with Crippen LogP contribution in [0.4, 0.5) is 30.7 Å². The van der Waals surface area contributed by atoms with Crippen LogP contribution in [0.3, 0.4) is 0 Å². The van der Waals surface area contributed by atoms with Gasteiger partial charge in [0.05, 0.1) is 5.56 Å². The molecule has 0 bridgehead atoms. The summed E-state index contributed by atoms with van der Waals surface area (Å²) in [6.45, 7) is 2.14. The van der Waals surface area contributed by atoms with Crippen molar-refractivity contribution < 1.29 is 35.5 Å². The van der Waals surface area contributed by atoms with E-state index in [0.717, 1.165) is 42.9 Å². The van der Waals surface area contributed by atoms with Crippen molar-refractivity contribution in [1.82, 2.24) is 0 Å². The number of hydrogen-bond donors (Lipinski definition) is 0. The third kappa shape index (κ3) is 5.31. The van der Waals surface area contributed by atoms with Gasteiger partial charge in [-0.25, -0.2) is 17.6 Å². The molecule has 186 valence electrons. The fourth-order valence-corrected chi connectivity index (χ4v) is 4.61.